The maximum absolute atomic E-state index is 12.3. The van der Waals surface area contributed by atoms with Gasteiger partial charge in [-0.15, -0.1) is 0 Å². The predicted octanol–water partition coefficient (Wildman–Crippen LogP) is 8.15. The number of halogens is 3. The molecule has 0 aliphatic heterocycles. The number of allylic oxidation sites excluding steroid dienone is 2. The number of hydrogen-bond donors (Lipinski definition) is 0. The topological polar surface area (TPSA) is 0 Å². The molecule has 0 spiro atoms. The van der Waals surface area contributed by atoms with Gasteiger partial charge in [0.1, 0.15) is 0 Å². The number of alkyl halides is 3. The van der Waals surface area contributed by atoms with Crippen molar-refractivity contribution in [2.24, 2.45) is 11.8 Å². The molecule has 0 heterocycles. The maximum atomic E-state index is 12.3. The third kappa shape index (κ3) is 6.12. The summed E-state index contributed by atoms with van der Waals surface area (Å²) >= 11 is 0. The molecule has 2 fully saturated rings. The lowest BCUT2D eigenvalue weighted by Crippen LogP contribution is -2.14. The molecule has 0 radical (unpaired) electrons. The second-order valence-corrected chi connectivity index (χ2v) is 8.69. The highest BCUT2D eigenvalue weighted by Crippen LogP contribution is 2.40. The molecule has 3 rings (SSSR count). The summed E-state index contributed by atoms with van der Waals surface area (Å²) < 4.78 is 36.9. The standard InChI is InChI=1S/C24H33F3/c1-2-3-18-4-8-20(9-5-18)22-12-14-23(15-13-22)21-10-6-19(7-11-21)16-17-24(25,26)27/h12-21H,2-11H2,1H3/t18-,19-,20-,21-. The fourth-order valence-corrected chi connectivity index (χ4v) is 5.12. The third-order valence-electron chi connectivity index (χ3n) is 6.75. The highest BCUT2D eigenvalue weighted by atomic mass is 19.4. The Labute approximate surface area is 162 Å². The summed E-state index contributed by atoms with van der Waals surface area (Å²) in [5.41, 5.74) is 2.85. The summed E-state index contributed by atoms with van der Waals surface area (Å²) in [6.07, 6.45) is 9.39. The Balaban J connectivity index is 1.49. The van der Waals surface area contributed by atoms with E-state index in [0.29, 0.717) is 12.0 Å². The van der Waals surface area contributed by atoms with Crippen molar-refractivity contribution in [2.45, 2.75) is 89.1 Å². The predicted molar refractivity (Wildman–Crippen MR) is 106 cm³/mol. The third-order valence-corrected chi connectivity index (χ3v) is 6.75. The van der Waals surface area contributed by atoms with Gasteiger partial charge in [0.2, 0.25) is 0 Å². The van der Waals surface area contributed by atoms with Gasteiger partial charge < -0.3 is 0 Å². The minimum absolute atomic E-state index is 0.0838. The molecule has 0 nitrogen and oxygen atoms in total. The summed E-state index contributed by atoms with van der Waals surface area (Å²) in [7, 11) is 0. The van der Waals surface area contributed by atoms with Gasteiger partial charge in [-0.3, -0.25) is 0 Å². The van der Waals surface area contributed by atoms with Crippen molar-refractivity contribution in [1.82, 2.24) is 0 Å². The molecule has 2 saturated carbocycles. The van der Waals surface area contributed by atoms with E-state index in [0.717, 1.165) is 37.5 Å². The summed E-state index contributed by atoms with van der Waals surface area (Å²) in [5, 5.41) is 0. The zero-order valence-corrected chi connectivity index (χ0v) is 16.5. The van der Waals surface area contributed by atoms with Crippen LogP contribution in [0, 0.1) is 11.8 Å². The van der Waals surface area contributed by atoms with Crippen LogP contribution in [0.5, 0.6) is 0 Å². The van der Waals surface area contributed by atoms with E-state index in [1.807, 2.05) is 0 Å². The van der Waals surface area contributed by atoms with Crippen LogP contribution >= 0.6 is 0 Å². The molecular weight excluding hydrogens is 345 g/mol. The van der Waals surface area contributed by atoms with Gasteiger partial charge in [0.05, 0.1) is 0 Å². The number of rotatable bonds is 5. The molecule has 0 saturated heterocycles. The molecule has 0 atom stereocenters. The van der Waals surface area contributed by atoms with Crippen molar-refractivity contribution in [3.63, 3.8) is 0 Å². The van der Waals surface area contributed by atoms with Crippen LogP contribution in [0.15, 0.2) is 36.4 Å². The van der Waals surface area contributed by atoms with Gasteiger partial charge in [0, 0.05) is 6.08 Å². The van der Waals surface area contributed by atoms with E-state index in [4.69, 9.17) is 0 Å². The highest BCUT2D eigenvalue weighted by molar-refractivity contribution is 5.28. The molecule has 1 aromatic rings. The largest absolute Gasteiger partial charge is 0.409 e. The van der Waals surface area contributed by atoms with Crippen LogP contribution in [-0.4, -0.2) is 6.18 Å². The van der Waals surface area contributed by atoms with Crippen molar-refractivity contribution in [3.05, 3.63) is 47.5 Å². The highest BCUT2D eigenvalue weighted by Gasteiger charge is 2.26. The van der Waals surface area contributed by atoms with Crippen LogP contribution in [0.25, 0.3) is 0 Å². The van der Waals surface area contributed by atoms with E-state index in [1.54, 1.807) is 0 Å². The van der Waals surface area contributed by atoms with E-state index in [-0.39, 0.29) is 5.92 Å². The molecule has 0 amide bonds. The average molecular weight is 379 g/mol. The molecule has 1 aromatic carbocycles. The molecule has 0 N–H and O–H groups in total. The maximum Gasteiger partial charge on any atom is 0.409 e. The number of hydrogen-bond acceptors (Lipinski definition) is 0. The van der Waals surface area contributed by atoms with Crippen molar-refractivity contribution in [3.8, 4) is 0 Å². The zero-order valence-electron chi connectivity index (χ0n) is 16.5. The molecule has 27 heavy (non-hydrogen) atoms. The fraction of sp³-hybridized carbons (Fsp3) is 0.667. The Bertz CT molecular complexity index is 583. The van der Waals surface area contributed by atoms with Gasteiger partial charge in [0.15, 0.2) is 0 Å². The van der Waals surface area contributed by atoms with E-state index in [9.17, 15) is 13.2 Å². The van der Waals surface area contributed by atoms with E-state index in [2.05, 4.69) is 31.2 Å². The molecule has 150 valence electrons. The van der Waals surface area contributed by atoms with Gasteiger partial charge in [0.25, 0.3) is 0 Å². The second-order valence-electron chi connectivity index (χ2n) is 8.69. The van der Waals surface area contributed by atoms with Gasteiger partial charge in [-0.1, -0.05) is 50.1 Å². The fourth-order valence-electron chi connectivity index (χ4n) is 5.12. The molecule has 0 unspecified atom stereocenters. The van der Waals surface area contributed by atoms with Crippen molar-refractivity contribution < 1.29 is 13.2 Å². The average Bonchev–Trinajstić information content (AvgIpc) is 2.67. The first-order valence-electron chi connectivity index (χ1n) is 10.8. The Morgan fingerprint density at radius 1 is 0.815 bits per heavy atom. The van der Waals surface area contributed by atoms with Crippen LogP contribution in [0.3, 0.4) is 0 Å². The Kier molecular flexibility index (Phi) is 7.05. The minimum atomic E-state index is -4.18. The Morgan fingerprint density at radius 2 is 1.30 bits per heavy atom. The zero-order chi connectivity index (χ0) is 19.3. The first-order valence-corrected chi connectivity index (χ1v) is 10.8. The van der Waals surface area contributed by atoms with Crippen LogP contribution in [0.1, 0.15) is 94.1 Å². The smallest absolute Gasteiger partial charge is 0.167 e. The lowest BCUT2D eigenvalue weighted by molar-refractivity contribution is -0.0803. The lowest BCUT2D eigenvalue weighted by Gasteiger charge is -2.30. The Hall–Kier alpha value is -1.25. The van der Waals surface area contributed by atoms with Gasteiger partial charge in [-0.2, -0.15) is 13.2 Å². The minimum Gasteiger partial charge on any atom is -0.167 e. The normalized spacial score (nSPS) is 29.9. The monoisotopic (exact) mass is 378 g/mol. The Morgan fingerprint density at radius 3 is 1.74 bits per heavy atom. The number of benzene rings is 1. The van der Waals surface area contributed by atoms with Gasteiger partial charge in [-0.05, 0) is 86.2 Å². The van der Waals surface area contributed by atoms with E-state index in [1.165, 1.54) is 55.7 Å². The molecule has 2 aliphatic carbocycles. The van der Waals surface area contributed by atoms with Crippen LogP contribution in [0.4, 0.5) is 13.2 Å². The van der Waals surface area contributed by atoms with Crippen molar-refractivity contribution in [1.29, 1.82) is 0 Å². The summed E-state index contributed by atoms with van der Waals surface area (Å²) in [6, 6.07) is 9.19. The second kappa shape index (κ2) is 9.30. The van der Waals surface area contributed by atoms with Crippen LogP contribution < -0.4 is 0 Å². The molecular formula is C24H33F3. The molecule has 0 bridgehead atoms. The molecule has 0 aromatic heterocycles. The van der Waals surface area contributed by atoms with Crippen LogP contribution in [0.2, 0.25) is 0 Å². The molecule has 3 heteroatoms. The SMILES string of the molecule is CCC[C@H]1CC[C@H](c2ccc([C@H]3CC[C@H](C=CC(F)(F)F)CC3)cc2)CC1. The first kappa shape index (κ1) is 20.5. The van der Waals surface area contributed by atoms with Gasteiger partial charge >= 0.3 is 6.18 Å². The van der Waals surface area contributed by atoms with Crippen LogP contribution in [-0.2, 0) is 0 Å². The van der Waals surface area contributed by atoms with Crippen molar-refractivity contribution >= 4 is 0 Å². The van der Waals surface area contributed by atoms with E-state index < -0.39 is 6.18 Å². The summed E-state index contributed by atoms with van der Waals surface area (Å²) in [5.74, 6) is 2.25. The summed E-state index contributed by atoms with van der Waals surface area (Å²) in [4.78, 5) is 0. The summed E-state index contributed by atoms with van der Waals surface area (Å²) in [6.45, 7) is 2.28. The molecule has 2 aliphatic rings. The van der Waals surface area contributed by atoms with Gasteiger partial charge in [-0.25, -0.2) is 0 Å². The van der Waals surface area contributed by atoms with Crippen molar-refractivity contribution in [2.75, 3.05) is 0 Å². The van der Waals surface area contributed by atoms with E-state index >= 15 is 0 Å². The quantitative estimate of drug-likeness (QED) is 0.453. The first-order chi connectivity index (χ1) is 12.9. The lowest BCUT2D eigenvalue weighted by atomic mass is 9.76.